The first-order chi connectivity index (χ1) is 14.3. The first kappa shape index (κ1) is 22.5. The summed E-state index contributed by atoms with van der Waals surface area (Å²) in [4.78, 5) is 14.1. The van der Waals surface area contributed by atoms with Crippen LogP contribution in [0.1, 0.15) is 23.6 Å². The van der Waals surface area contributed by atoms with Gasteiger partial charge in [0.25, 0.3) is 5.91 Å². The van der Waals surface area contributed by atoms with Gasteiger partial charge in [-0.15, -0.1) is 0 Å². The molecule has 1 aliphatic heterocycles. The third kappa shape index (κ3) is 5.28. The van der Waals surface area contributed by atoms with Crippen molar-refractivity contribution in [3.63, 3.8) is 0 Å². The molecule has 2 aromatic carbocycles. The summed E-state index contributed by atoms with van der Waals surface area (Å²) in [5.41, 5.74) is 2.90. The van der Waals surface area contributed by atoms with E-state index < -0.39 is 10.0 Å². The first-order valence-corrected chi connectivity index (χ1v) is 12.0. The van der Waals surface area contributed by atoms with Gasteiger partial charge in [0, 0.05) is 6.54 Å². The van der Waals surface area contributed by atoms with Crippen molar-refractivity contribution in [2.24, 2.45) is 0 Å². The summed E-state index contributed by atoms with van der Waals surface area (Å²) in [6.45, 7) is 8.35. The molecule has 3 rings (SSSR count). The summed E-state index contributed by atoms with van der Waals surface area (Å²) >= 11 is 0. The van der Waals surface area contributed by atoms with Crippen molar-refractivity contribution >= 4 is 15.9 Å². The quantitative estimate of drug-likeness (QED) is 0.687. The summed E-state index contributed by atoms with van der Waals surface area (Å²) in [7, 11) is -3.51. The zero-order valence-electron chi connectivity index (χ0n) is 18.0. The van der Waals surface area contributed by atoms with Gasteiger partial charge >= 0.3 is 0 Å². The van der Waals surface area contributed by atoms with E-state index in [4.69, 9.17) is 0 Å². The third-order valence-corrected chi connectivity index (χ3v) is 7.93. The number of quaternary nitrogens is 1. The Bertz CT molecular complexity index is 968. The minimum Gasteiger partial charge on any atom is -0.351 e. The topological polar surface area (TPSA) is 70.9 Å². The molecule has 1 aliphatic rings. The van der Waals surface area contributed by atoms with Gasteiger partial charge in [0.2, 0.25) is 10.0 Å². The number of sulfonamides is 1. The van der Waals surface area contributed by atoms with Crippen LogP contribution in [0.3, 0.4) is 0 Å². The average molecular weight is 431 g/mol. The Labute approximate surface area is 179 Å². The predicted molar refractivity (Wildman–Crippen MR) is 118 cm³/mol. The van der Waals surface area contributed by atoms with Gasteiger partial charge in [-0.05, 0) is 49.9 Å². The molecule has 0 aliphatic carbocycles. The van der Waals surface area contributed by atoms with Crippen molar-refractivity contribution in [1.82, 2.24) is 9.62 Å². The van der Waals surface area contributed by atoms with Crippen molar-refractivity contribution in [2.45, 2.75) is 38.1 Å². The van der Waals surface area contributed by atoms with Crippen LogP contribution in [-0.2, 0) is 21.2 Å². The highest BCUT2D eigenvalue weighted by atomic mass is 32.2. The molecule has 1 heterocycles. The van der Waals surface area contributed by atoms with Crippen LogP contribution in [0.25, 0.3) is 0 Å². The van der Waals surface area contributed by atoms with E-state index in [0.29, 0.717) is 37.6 Å². The van der Waals surface area contributed by atoms with Crippen LogP contribution in [0, 0.1) is 13.8 Å². The van der Waals surface area contributed by atoms with Crippen molar-refractivity contribution in [1.29, 1.82) is 0 Å². The smallest absolute Gasteiger partial charge is 0.278 e. The zero-order chi connectivity index (χ0) is 21.7. The second-order valence-electron chi connectivity index (χ2n) is 8.08. The molecule has 1 atom stereocenters. The van der Waals surface area contributed by atoms with Gasteiger partial charge < -0.3 is 10.2 Å². The van der Waals surface area contributed by atoms with Crippen molar-refractivity contribution in [3.05, 3.63) is 65.2 Å². The number of carbonyl (C=O) groups is 1. The lowest BCUT2D eigenvalue weighted by Crippen LogP contribution is -3.19. The maximum absolute atomic E-state index is 13.1. The number of nitrogens with zero attached hydrogens (tertiary/aromatic N) is 1. The lowest BCUT2D eigenvalue weighted by atomic mass is 10.1. The Morgan fingerprint density at radius 1 is 1.10 bits per heavy atom. The molecule has 2 aromatic rings. The van der Waals surface area contributed by atoms with Crippen molar-refractivity contribution in [2.75, 3.05) is 32.7 Å². The number of piperazine rings is 1. The summed E-state index contributed by atoms with van der Waals surface area (Å²) in [6.07, 6.45) is 0.802. The minimum absolute atomic E-state index is 0.0202. The Balaban J connectivity index is 1.53. The molecule has 6 nitrogen and oxygen atoms in total. The predicted octanol–water partition coefficient (Wildman–Crippen LogP) is 0.940. The van der Waals surface area contributed by atoms with Gasteiger partial charge in [-0.1, -0.05) is 42.5 Å². The normalized spacial score (nSPS) is 16.9. The molecule has 0 saturated carbocycles. The number of benzene rings is 2. The second kappa shape index (κ2) is 9.73. The molecule has 2 N–H and O–H groups in total. The number of hydrogen-bond acceptors (Lipinski definition) is 3. The van der Waals surface area contributed by atoms with Crippen LogP contribution in [0.4, 0.5) is 0 Å². The number of amides is 1. The standard InChI is InChI=1S/C23H31N3O3S/c1-18-9-10-19(2)22(17-18)30(28,29)26-15-13-25(14-16-26)20(3)23(27)24-12-11-21-7-5-4-6-8-21/h4-10,17,20H,11-16H2,1-3H3,(H,24,27)/p+1/t20-/m1/s1. The lowest BCUT2D eigenvalue weighted by Gasteiger charge is -2.34. The number of hydrogen-bond donors (Lipinski definition) is 2. The molecule has 30 heavy (non-hydrogen) atoms. The highest BCUT2D eigenvalue weighted by Crippen LogP contribution is 2.21. The Kier molecular flexibility index (Phi) is 7.28. The van der Waals surface area contributed by atoms with Gasteiger partial charge in [0.1, 0.15) is 0 Å². The van der Waals surface area contributed by atoms with Crippen LogP contribution in [0.5, 0.6) is 0 Å². The van der Waals surface area contributed by atoms with Gasteiger partial charge in [-0.3, -0.25) is 4.79 Å². The summed E-state index contributed by atoms with van der Waals surface area (Å²) in [6, 6.07) is 15.4. The number of nitrogens with one attached hydrogen (secondary N) is 2. The van der Waals surface area contributed by atoms with Gasteiger partial charge in [-0.25, -0.2) is 8.42 Å². The van der Waals surface area contributed by atoms with E-state index in [2.05, 4.69) is 17.4 Å². The van der Waals surface area contributed by atoms with Gasteiger partial charge in [-0.2, -0.15) is 4.31 Å². The fourth-order valence-corrected chi connectivity index (χ4v) is 5.64. The highest BCUT2D eigenvalue weighted by molar-refractivity contribution is 7.89. The number of rotatable bonds is 7. The molecule has 1 fully saturated rings. The SMILES string of the molecule is Cc1ccc(C)c(S(=O)(=O)N2CC[NH+]([C@H](C)C(=O)NCCc3ccccc3)CC2)c1. The Morgan fingerprint density at radius 2 is 1.77 bits per heavy atom. The van der Waals surface area contributed by atoms with Crippen LogP contribution >= 0.6 is 0 Å². The fourth-order valence-electron chi connectivity index (χ4n) is 3.88. The summed E-state index contributed by atoms with van der Waals surface area (Å²) in [5.74, 6) is 0.0202. The maximum Gasteiger partial charge on any atom is 0.278 e. The van der Waals surface area contributed by atoms with Crippen LogP contribution < -0.4 is 10.2 Å². The molecule has 162 valence electrons. The van der Waals surface area contributed by atoms with E-state index in [9.17, 15) is 13.2 Å². The number of aryl methyl sites for hydroxylation is 2. The molecule has 0 radical (unpaired) electrons. The van der Waals surface area contributed by atoms with E-state index in [1.54, 1.807) is 10.4 Å². The molecular weight excluding hydrogens is 398 g/mol. The van der Waals surface area contributed by atoms with Gasteiger partial charge in [0.05, 0.1) is 31.1 Å². The Morgan fingerprint density at radius 3 is 2.43 bits per heavy atom. The molecular formula is C23H32N3O3S+. The second-order valence-corrected chi connectivity index (χ2v) is 9.99. The fraction of sp³-hybridized carbons (Fsp3) is 0.435. The zero-order valence-corrected chi connectivity index (χ0v) is 18.8. The summed E-state index contributed by atoms with van der Waals surface area (Å²) < 4.78 is 27.7. The summed E-state index contributed by atoms with van der Waals surface area (Å²) in [5, 5.41) is 3.02. The van der Waals surface area contributed by atoms with Crippen LogP contribution in [0.2, 0.25) is 0 Å². The van der Waals surface area contributed by atoms with E-state index >= 15 is 0 Å². The average Bonchev–Trinajstić information content (AvgIpc) is 2.75. The van der Waals surface area contributed by atoms with Gasteiger partial charge in [0.15, 0.2) is 6.04 Å². The van der Waals surface area contributed by atoms with Crippen molar-refractivity contribution < 1.29 is 18.1 Å². The molecule has 0 spiro atoms. The number of carbonyl (C=O) groups excluding carboxylic acids is 1. The Hall–Kier alpha value is -2.22. The molecule has 0 aromatic heterocycles. The van der Waals surface area contributed by atoms with E-state index in [-0.39, 0.29) is 11.9 Å². The molecule has 1 amide bonds. The monoisotopic (exact) mass is 430 g/mol. The maximum atomic E-state index is 13.1. The molecule has 7 heteroatoms. The van der Waals surface area contributed by atoms with Crippen molar-refractivity contribution in [3.8, 4) is 0 Å². The van der Waals surface area contributed by atoms with Crippen LogP contribution in [0.15, 0.2) is 53.4 Å². The van der Waals surface area contributed by atoms with E-state index in [0.717, 1.165) is 22.4 Å². The highest BCUT2D eigenvalue weighted by Gasteiger charge is 2.34. The van der Waals surface area contributed by atoms with E-state index in [1.165, 1.54) is 5.56 Å². The molecule has 0 bridgehead atoms. The third-order valence-electron chi connectivity index (χ3n) is 5.89. The first-order valence-electron chi connectivity index (χ1n) is 10.5. The lowest BCUT2D eigenvalue weighted by molar-refractivity contribution is -0.917. The largest absolute Gasteiger partial charge is 0.351 e. The molecule has 0 unspecified atom stereocenters. The molecule has 1 saturated heterocycles. The minimum atomic E-state index is -3.51. The van der Waals surface area contributed by atoms with Crippen LogP contribution in [-0.4, -0.2) is 57.4 Å². The van der Waals surface area contributed by atoms with E-state index in [1.807, 2.05) is 51.1 Å².